The van der Waals surface area contributed by atoms with E-state index in [2.05, 4.69) is 11.1 Å². The van der Waals surface area contributed by atoms with Crippen LogP contribution in [0.1, 0.15) is 5.56 Å². The van der Waals surface area contributed by atoms with E-state index in [1.807, 2.05) is 36.4 Å². The highest BCUT2D eigenvalue weighted by Gasteiger charge is 2.10. The Hall–Kier alpha value is -2.38. The summed E-state index contributed by atoms with van der Waals surface area (Å²) in [4.78, 5) is 15.3. The summed E-state index contributed by atoms with van der Waals surface area (Å²) >= 11 is 1.47. The van der Waals surface area contributed by atoms with Gasteiger partial charge in [-0.1, -0.05) is 30.3 Å². The van der Waals surface area contributed by atoms with Gasteiger partial charge >= 0.3 is 0 Å². The van der Waals surface area contributed by atoms with Gasteiger partial charge in [-0.2, -0.15) is 5.26 Å². The standard InChI is InChI=1S/C14H8N2OS/c15-7-10-8-16-14(17)11-6-12(18-13(10)11)9-4-2-1-3-5-9/h1-6,8H,(H,16,17). The minimum Gasteiger partial charge on any atom is -0.327 e. The molecular weight excluding hydrogens is 244 g/mol. The number of fused-ring (bicyclic) bond motifs is 1. The molecule has 0 unspecified atom stereocenters. The number of benzene rings is 1. The molecular formula is C14H8N2OS. The van der Waals surface area contributed by atoms with Gasteiger partial charge in [-0.15, -0.1) is 11.3 Å². The second-order valence-electron chi connectivity index (χ2n) is 3.86. The Bertz CT molecular complexity index is 809. The minimum atomic E-state index is -0.151. The lowest BCUT2D eigenvalue weighted by molar-refractivity contribution is 1.27. The molecule has 1 N–H and O–H groups in total. The molecule has 0 radical (unpaired) electrons. The van der Waals surface area contributed by atoms with E-state index in [-0.39, 0.29) is 5.56 Å². The summed E-state index contributed by atoms with van der Waals surface area (Å²) in [6, 6.07) is 13.8. The highest BCUT2D eigenvalue weighted by molar-refractivity contribution is 7.22. The van der Waals surface area contributed by atoms with Gasteiger partial charge in [0, 0.05) is 11.1 Å². The summed E-state index contributed by atoms with van der Waals surface area (Å²) < 4.78 is 0.750. The topological polar surface area (TPSA) is 56.6 Å². The lowest BCUT2D eigenvalue weighted by Crippen LogP contribution is -2.03. The van der Waals surface area contributed by atoms with Crippen LogP contribution in [-0.2, 0) is 0 Å². The molecule has 18 heavy (non-hydrogen) atoms. The van der Waals surface area contributed by atoms with Crippen molar-refractivity contribution in [2.45, 2.75) is 0 Å². The highest BCUT2D eigenvalue weighted by Crippen LogP contribution is 2.33. The summed E-state index contributed by atoms with van der Waals surface area (Å²) in [6.45, 7) is 0. The molecule has 0 saturated heterocycles. The van der Waals surface area contributed by atoms with Crippen molar-refractivity contribution < 1.29 is 0 Å². The summed E-state index contributed by atoms with van der Waals surface area (Å²) in [6.07, 6.45) is 1.47. The molecule has 0 bridgehead atoms. The fraction of sp³-hybridized carbons (Fsp3) is 0. The average molecular weight is 252 g/mol. The van der Waals surface area contributed by atoms with Gasteiger partial charge in [-0.3, -0.25) is 4.79 Å². The first kappa shape index (κ1) is 10.8. The Morgan fingerprint density at radius 3 is 2.72 bits per heavy atom. The molecule has 0 spiro atoms. The number of pyridine rings is 1. The Labute approximate surface area is 107 Å². The van der Waals surface area contributed by atoms with Gasteiger partial charge in [-0.25, -0.2) is 0 Å². The number of rotatable bonds is 1. The molecule has 0 aliphatic rings. The second-order valence-corrected chi connectivity index (χ2v) is 4.91. The Morgan fingerprint density at radius 1 is 1.22 bits per heavy atom. The van der Waals surface area contributed by atoms with Crippen molar-refractivity contribution in [1.82, 2.24) is 4.98 Å². The molecule has 0 aliphatic carbocycles. The first-order valence-electron chi connectivity index (χ1n) is 5.40. The molecule has 2 heterocycles. The zero-order valence-electron chi connectivity index (χ0n) is 9.31. The van der Waals surface area contributed by atoms with Crippen LogP contribution in [0.15, 0.2) is 47.4 Å². The van der Waals surface area contributed by atoms with Gasteiger partial charge in [0.25, 0.3) is 5.56 Å². The zero-order valence-corrected chi connectivity index (χ0v) is 10.1. The molecule has 0 fully saturated rings. The first-order valence-corrected chi connectivity index (χ1v) is 6.22. The second kappa shape index (κ2) is 4.13. The zero-order chi connectivity index (χ0) is 12.5. The molecule has 3 rings (SSSR count). The molecule has 86 valence electrons. The van der Waals surface area contributed by atoms with Crippen LogP contribution >= 0.6 is 11.3 Å². The van der Waals surface area contributed by atoms with E-state index >= 15 is 0 Å². The number of nitrogens with one attached hydrogen (secondary N) is 1. The van der Waals surface area contributed by atoms with E-state index in [1.165, 1.54) is 17.5 Å². The maximum absolute atomic E-state index is 11.7. The maximum atomic E-state index is 11.7. The van der Waals surface area contributed by atoms with Crippen LogP contribution in [0, 0.1) is 11.3 Å². The summed E-state index contributed by atoms with van der Waals surface area (Å²) in [5.41, 5.74) is 1.42. The van der Waals surface area contributed by atoms with Crippen LogP contribution in [0.3, 0.4) is 0 Å². The van der Waals surface area contributed by atoms with Crippen molar-refractivity contribution in [3.05, 3.63) is 58.5 Å². The predicted molar refractivity (Wildman–Crippen MR) is 72.6 cm³/mol. The number of hydrogen-bond donors (Lipinski definition) is 1. The van der Waals surface area contributed by atoms with Gasteiger partial charge in [0.1, 0.15) is 6.07 Å². The monoisotopic (exact) mass is 252 g/mol. The normalized spacial score (nSPS) is 10.4. The molecule has 0 amide bonds. The van der Waals surface area contributed by atoms with Crippen molar-refractivity contribution >= 4 is 21.4 Å². The van der Waals surface area contributed by atoms with Gasteiger partial charge < -0.3 is 4.98 Å². The quantitative estimate of drug-likeness (QED) is 0.723. The van der Waals surface area contributed by atoms with Crippen LogP contribution < -0.4 is 5.56 Å². The molecule has 0 atom stereocenters. The lowest BCUT2D eigenvalue weighted by Gasteiger charge is -1.93. The fourth-order valence-corrected chi connectivity index (χ4v) is 3.00. The number of aromatic nitrogens is 1. The van der Waals surface area contributed by atoms with Crippen molar-refractivity contribution in [3.8, 4) is 16.5 Å². The Morgan fingerprint density at radius 2 is 2.00 bits per heavy atom. The van der Waals surface area contributed by atoms with Crippen molar-refractivity contribution in [2.24, 2.45) is 0 Å². The smallest absolute Gasteiger partial charge is 0.256 e. The Balaban J connectivity index is 2.33. The minimum absolute atomic E-state index is 0.151. The van der Waals surface area contributed by atoms with Crippen molar-refractivity contribution in [1.29, 1.82) is 5.26 Å². The number of aromatic amines is 1. The third-order valence-electron chi connectivity index (χ3n) is 2.75. The van der Waals surface area contributed by atoms with Crippen LogP contribution in [-0.4, -0.2) is 4.98 Å². The van der Waals surface area contributed by atoms with E-state index in [4.69, 9.17) is 5.26 Å². The number of thiophene rings is 1. The van der Waals surface area contributed by atoms with Gasteiger partial charge in [-0.05, 0) is 11.6 Å². The van der Waals surface area contributed by atoms with Gasteiger partial charge in [0.2, 0.25) is 0 Å². The highest BCUT2D eigenvalue weighted by atomic mass is 32.1. The number of nitrogens with zero attached hydrogens (tertiary/aromatic N) is 1. The predicted octanol–water partition coefficient (Wildman–Crippen LogP) is 3.13. The molecule has 0 saturated carbocycles. The van der Waals surface area contributed by atoms with Gasteiger partial charge in [0.15, 0.2) is 0 Å². The molecule has 2 aromatic heterocycles. The fourth-order valence-electron chi connectivity index (χ4n) is 1.87. The van der Waals surface area contributed by atoms with E-state index in [1.54, 1.807) is 0 Å². The molecule has 0 aliphatic heterocycles. The largest absolute Gasteiger partial charge is 0.327 e. The number of hydrogen-bond acceptors (Lipinski definition) is 3. The van der Waals surface area contributed by atoms with Crippen LogP contribution in [0.25, 0.3) is 20.5 Å². The molecule has 1 aromatic carbocycles. The van der Waals surface area contributed by atoms with Crippen LogP contribution in [0.5, 0.6) is 0 Å². The van der Waals surface area contributed by atoms with E-state index in [0.29, 0.717) is 10.9 Å². The van der Waals surface area contributed by atoms with E-state index in [9.17, 15) is 4.79 Å². The summed E-state index contributed by atoms with van der Waals surface area (Å²) in [7, 11) is 0. The van der Waals surface area contributed by atoms with Crippen LogP contribution in [0.2, 0.25) is 0 Å². The number of nitriles is 1. The van der Waals surface area contributed by atoms with Gasteiger partial charge in [0.05, 0.1) is 15.6 Å². The first-order chi connectivity index (χ1) is 8.79. The molecule has 4 heteroatoms. The third kappa shape index (κ3) is 1.62. The number of H-pyrrole nitrogens is 1. The third-order valence-corrected chi connectivity index (χ3v) is 3.97. The molecule has 3 nitrogen and oxygen atoms in total. The van der Waals surface area contributed by atoms with E-state index < -0.39 is 0 Å². The summed E-state index contributed by atoms with van der Waals surface area (Å²) in [5.74, 6) is 0. The van der Waals surface area contributed by atoms with Crippen LogP contribution in [0.4, 0.5) is 0 Å². The SMILES string of the molecule is N#Cc1c[nH]c(=O)c2cc(-c3ccccc3)sc12. The summed E-state index contributed by atoms with van der Waals surface area (Å²) in [5, 5.41) is 9.62. The van der Waals surface area contributed by atoms with E-state index in [0.717, 1.165) is 15.1 Å². The van der Waals surface area contributed by atoms with Crippen molar-refractivity contribution in [2.75, 3.05) is 0 Å². The maximum Gasteiger partial charge on any atom is 0.256 e. The lowest BCUT2D eigenvalue weighted by atomic mass is 10.1. The molecule has 3 aromatic rings. The average Bonchev–Trinajstić information content (AvgIpc) is 2.86. The Kier molecular flexibility index (Phi) is 2.47. The van der Waals surface area contributed by atoms with Crippen molar-refractivity contribution in [3.63, 3.8) is 0 Å².